The van der Waals surface area contributed by atoms with Gasteiger partial charge in [0.15, 0.2) is 5.82 Å². The predicted molar refractivity (Wildman–Crippen MR) is 289 cm³/mol. The molecule has 0 aliphatic carbocycles. The number of H-pyrrole nitrogens is 1. The molecule has 0 saturated carbocycles. The molecule has 0 bridgehead atoms. The quantitative estimate of drug-likeness (QED) is 0.0190. The van der Waals surface area contributed by atoms with Gasteiger partial charge in [-0.3, -0.25) is 42.9 Å². The molecule has 5 rings (SSSR count). The Hall–Kier alpha value is -7.83. The summed E-state index contributed by atoms with van der Waals surface area (Å²) in [5.41, 5.74) is 4.77. The van der Waals surface area contributed by atoms with E-state index < -0.39 is 78.9 Å². The van der Waals surface area contributed by atoms with Gasteiger partial charge in [0, 0.05) is 32.5 Å². The maximum Gasteiger partial charge on any atom is 0.308 e. The molecule has 3 aromatic rings. The Morgan fingerprint density at radius 3 is 1.68 bits per heavy atom. The van der Waals surface area contributed by atoms with E-state index in [4.69, 9.17) is 23.9 Å². The summed E-state index contributed by atoms with van der Waals surface area (Å²) >= 11 is 0. The zero-order chi connectivity index (χ0) is 55.9. The summed E-state index contributed by atoms with van der Waals surface area (Å²) < 4.78 is 23.5. The van der Waals surface area contributed by atoms with Gasteiger partial charge >= 0.3 is 17.9 Å². The molecule has 0 saturated heterocycles. The Balaban J connectivity index is 1.16. The van der Waals surface area contributed by atoms with Crippen molar-refractivity contribution < 1.29 is 52.5 Å². The van der Waals surface area contributed by atoms with Crippen molar-refractivity contribution in [1.82, 2.24) is 35.8 Å². The number of benzene rings is 3. The van der Waals surface area contributed by atoms with Crippen molar-refractivity contribution in [1.29, 1.82) is 0 Å². The van der Waals surface area contributed by atoms with Crippen molar-refractivity contribution in [2.45, 2.75) is 124 Å². The highest BCUT2D eigenvalue weighted by molar-refractivity contribution is 5.97. The second-order valence-electron chi connectivity index (χ2n) is 20.3. The number of rotatable bonds is 31. The van der Waals surface area contributed by atoms with Gasteiger partial charge in [-0.2, -0.15) is 0 Å². The van der Waals surface area contributed by atoms with E-state index in [1.54, 1.807) is 4.57 Å². The van der Waals surface area contributed by atoms with Crippen molar-refractivity contribution in [3.05, 3.63) is 124 Å². The van der Waals surface area contributed by atoms with Gasteiger partial charge in [-0.25, -0.2) is 4.98 Å². The minimum Gasteiger partial charge on any atom is -0.494 e. The lowest BCUT2D eigenvalue weighted by atomic mass is 10.1. The largest absolute Gasteiger partial charge is 0.494 e. The monoisotopic (exact) mass is 1060 g/mol. The average molecular weight is 1060 g/mol. The van der Waals surface area contributed by atoms with Crippen molar-refractivity contribution >= 4 is 41.5 Å². The number of fused-ring (bicyclic) bond motifs is 1. The lowest BCUT2D eigenvalue weighted by Crippen LogP contribution is -2.57. The Bertz CT molecular complexity index is 2760. The third kappa shape index (κ3) is 20.7. The molecular formula is C58H75N7O12. The van der Waals surface area contributed by atoms with E-state index in [1.165, 1.54) is 0 Å². The first-order valence-electron chi connectivity index (χ1n) is 26.4. The topological polar surface area (TPSA) is 255 Å². The summed E-state index contributed by atoms with van der Waals surface area (Å²) in [7, 11) is 0. The van der Waals surface area contributed by atoms with Gasteiger partial charge in [0.1, 0.15) is 29.6 Å². The first kappa shape index (κ1) is 60.0. The number of nitrogens with one attached hydrogen (secondary N) is 5. The van der Waals surface area contributed by atoms with Crippen LogP contribution < -0.4 is 31.6 Å². The first-order valence-corrected chi connectivity index (χ1v) is 26.4. The van der Waals surface area contributed by atoms with Gasteiger partial charge < -0.3 is 45.2 Å². The lowest BCUT2D eigenvalue weighted by molar-refractivity contribution is -0.150. The van der Waals surface area contributed by atoms with Crippen LogP contribution in [0, 0.1) is 17.8 Å². The summed E-state index contributed by atoms with van der Waals surface area (Å²) in [6, 6.07) is 22.9. The number of nitrogens with zero attached hydrogens (tertiary/aromatic N) is 2. The van der Waals surface area contributed by atoms with E-state index in [0.717, 1.165) is 41.4 Å². The molecule has 2 aliphatic heterocycles. The second kappa shape index (κ2) is 30.7. The zero-order valence-electron chi connectivity index (χ0n) is 45.3. The molecule has 77 heavy (non-hydrogen) atoms. The third-order valence-corrected chi connectivity index (χ3v) is 11.8. The van der Waals surface area contributed by atoms with Crippen molar-refractivity contribution in [3.8, 4) is 22.8 Å². The molecule has 4 amide bonds. The maximum atomic E-state index is 13.9. The van der Waals surface area contributed by atoms with Crippen LogP contribution in [0.25, 0.3) is 17.1 Å². The van der Waals surface area contributed by atoms with E-state index in [-0.39, 0.29) is 49.7 Å². The maximum absolute atomic E-state index is 13.9. The fourth-order valence-corrected chi connectivity index (χ4v) is 7.90. The fourth-order valence-electron chi connectivity index (χ4n) is 7.90. The highest BCUT2D eigenvalue weighted by Crippen LogP contribution is 2.24. The fraction of sp³-hybridized carbons (Fsp3) is 0.466. The summed E-state index contributed by atoms with van der Waals surface area (Å²) in [6.45, 7) is 12.9. The number of esters is 3. The molecule has 19 nitrogen and oxygen atoms in total. The predicted octanol–water partition coefficient (Wildman–Crippen LogP) is 6.14. The van der Waals surface area contributed by atoms with Crippen LogP contribution in [0.3, 0.4) is 0 Å². The van der Waals surface area contributed by atoms with Gasteiger partial charge in [-0.15, -0.1) is 0 Å². The standard InChI is InChI=1S/C58H75N7O12/c1-37(2)34-75-51(67)30-46(63-57(72)48(32-53(69)77-36-39(5)6)64-56(71)47(60-40(7)66)31-52(68)76-35-38(3)4)55(70)59-25-16-8-9-17-26-74-44-24-18-21-42(27-44)29-49-58(73)65-33-50(43-22-14-11-15-23-43)61-45(54(65)62-49)28-41-19-12-10-13-20-41/h10-15,18-24,27,33,37-39,46-48,61H,8-9,16-17,25-26,28-32,34-36H2,1-7H3,(H,59,70)(H,60,66)(H,63,72)(H,64,71)/t46-,47-,48-/m0/s1. The number of carbonyl (C=O) groups is 7. The number of ether oxygens (including phenoxy) is 4. The molecule has 0 spiro atoms. The number of unbranched alkanes of at least 4 members (excludes halogenated alkanes) is 3. The molecule has 414 valence electrons. The van der Waals surface area contributed by atoms with Crippen molar-refractivity contribution in [2.24, 2.45) is 17.8 Å². The zero-order valence-corrected chi connectivity index (χ0v) is 45.3. The van der Waals surface area contributed by atoms with Gasteiger partial charge in [0.2, 0.25) is 23.6 Å². The Morgan fingerprint density at radius 2 is 1.12 bits per heavy atom. The molecule has 0 aromatic heterocycles. The summed E-state index contributed by atoms with van der Waals surface area (Å²) in [6.07, 6.45) is 3.60. The van der Waals surface area contributed by atoms with Crippen LogP contribution in [0.2, 0.25) is 0 Å². The summed E-state index contributed by atoms with van der Waals surface area (Å²) in [5, 5.41) is 10.1. The third-order valence-electron chi connectivity index (χ3n) is 11.8. The van der Waals surface area contributed by atoms with E-state index in [0.29, 0.717) is 56.0 Å². The molecule has 0 radical (unpaired) electrons. The second-order valence-corrected chi connectivity index (χ2v) is 20.3. The van der Waals surface area contributed by atoms with Crippen LogP contribution in [-0.4, -0.2) is 107 Å². The Morgan fingerprint density at radius 1 is 0.597 bits per heavy atom. The SMILES string of the molecule is CC(=O)N[C@@H](CC(=O)OCC(C)C)C(=O)N[C@@H](CC(=O)OCC(C)C)C(=O)N[C@@H](CC(=O)OCC(C)C)C(=O)NCCCCCCOc1cccc(Cc2nc3c(Cc4ccccc4)[nH]c(-c4ccccc4)cn-3c2=O)c1. The first-order chi connectivity index (χ1) is 36.8. The van der Waals surface area contributed by atoms with Crippen LogP contribution in [0.4, 0.5) is 0 Å². The van der Waals surface area contributed by atoms with Crippen LogP contribution in [0.1, 0.15) is 116 Å². The van der Waals surface area contributed by atoms with Crippen molar-refractivity contribution in [2.75, 3.05) is 33.0 Å². The number of hydrogen-bond acceptors (Lipinski definition) is 13. The molecular weight excluding hydrogens is 987 g/mol. The van der Waals surface area contributed by atoms with E-state index >= 15 is 0 Å². The molecule has 3 aromatic carbocycles. The normalized spacial score (nSPS) is 12.4. The number of aromatic amines is 1. The Labute approximate surface area is 450 Å². The van der Waals surface area contributed by atoms with Gasteiger partial charge in [-0.05, 0) is 59.4 Å². The van der Waals surface area contributed by atoms with Crippen LogP contribution in [0.15, 0.2) is 95.9 Å². The highest BCUT2D eigenvalue weighted by atomic mass is 16.5. The molecule has 2 heterocycles. The minimum atomic E-state index is -1.65. The van der Waals surface area contributed by atoms with Gasteiger partial charge in [0.25, 0.3) is 5.56 Å². The molecule has 0 fully saturated rings. The number of amides is 4. The number of aromatic nitrogens is 3. The van der Waals surface area contributed by atoms with Crippen LogP contribution >= 0.6 is 0 Å². The van der Waals surface area contributed by atoms with E-state index in [9.17, 15) is 38.4 Å². The molecule has 3 atom stereocenters. The summed E-state index contributed by atoms with van der Waals surface area (Å²) in [4.78, 5) is 114. The highest BCUT2D eigenvalue weighted by Gasteiger charge is 2.34. The minimum absolute atomic E-state index is 0.00177. The average Bonchev–Trinajstić information content (AvgIpc) is 3.75. The van der Waals surface area contributed by atoms with Gasteiger partial charge in [-0.1, -0.05) is 127 Å². The molecule has 5 N–H and O–H groups in total. The lowest BCUT2D eigenvalue weighted by Gasteiger charge is -2.25. The van der Waals surface area contributed by atoms with E-state index in [2.05, 4.69) is 26.3 Å². The van der Waals surface area contributed by atoms with E-state index in [1.807, 2.05) is 133 Å². The van der Waals surface area contributed by atoms with Gasteiger partial charge in [0.05, 0.1) is 57.1 Å². The van der Waals surface area contributed by atoms with Crippen molar-refractivity contribution in [3.63, 3.8) is 0 Å². The summed E-state index contributed by atoms with van der Waals surface area (Å²) in [5.74, 6) is -4.52. The van der Waals surface area contributed by atoms with Crippen LogP contribution in [-0.2, 0) is 60.6 Å². The number of imidazole rings is 1. The number of hydrogen-bond donors (Lipinski definition) is 5. The molecule has 19 heteroatoms. The molecule has 0 unspecified atom stereocenters. The van der Waals surface area contributed by atoms with Crippen LogP contribution in [0.5, 0.6) is 5.75 Å². The Kier molecular flexibility index (Phi) is 23.9. The molecule has 2 aliphatic rings. The number of carbonyl (C=O) groups excluding carboxylic acids is 7. The smallest absolute Gasteiger partial charge is 0.308 e.